The van der Waals surface area contributed by atoms with Gasteiger partial charge in [-0.15, -0.1) is 0 Å². The number of ether oxygens (including phenoxy) is 2. The number of hydrogen-bond acceptors (Lipinski definition) is 4. The van der Waals surface area contributed by atoms with Gasteiger partial charge in [0.1, 0.15) is 0 Å². The van der Waals surface area contributed by atoms with Gasteiger partial charge < -0.3 is 9.47 Å². The van der Waals surface area contributed by atoms with Crippen LogP contribution in [0.5, 0.6) is 0 Å². The van der Waals surface area contributed by atoms with Crippen LogP contribution in [-0.4, -0.2) is 31.6 Å². The molecule has 4 nitrogen and oxygen atoms in total. The first kappa shape index (κ1) is 9.77. The second-order valence-electron chi connectivity index (χ2n) is 2.48. The predicted octanol–water partition coefficient (Wildman–Crippen LogP) is 0.924. The molecule has 0 aromatic heterocycles. The zero-order chi connectivity index (χ0) is 9.68. The summed E-state index contributed by atoms with van der Waals surface area (Å²) in [5, 5.41) is 0. The molecular weight excluding hydrogens is 170 g/mol. The van der Waals surface area contributed by atoms with Crippen LogP contribution < -0.4 is 0 Å². The van der Waals surface area contributed by atoms with E-state index in [2.05, 4.69) is 4.99 Å². The van der Waals surface area contributed by atoms with Crippen molar-refractivity contribution in [1.82, 2.24) is 0 Å². The van der Waals surface area contributed by atoms with Gasteiger partial charge in [-0.05, 0) is 13.8 Å². The van der Waals surface area contributed by atoms with E-state index in [1.165, 1.54) is 0 Å². The van der Waals surface area contributed by atoms with E-state index in [4.69, 9.17) is 9.47 Å². The number of rotatable bonds is 3. The highest BCUT2D eigenvalue weighted by Gasteiger charge is 2.16. The molecule has 0 atom stereocenters. The van der Waals surface area contributed by atoms with Crippen LogP contribution in [0.2, 0.25) is 0 Å². The minimum Gasteiger partial charge on any atom is -0.478 e. The van der Waals surface area contributed by atoms with Gasteiger partial charge in [-0.1, -0.05) is 0 Å². The molecule has 0 fully saturated rings. The van der Waals surface area contributed by atoms with Crippen molar-refractivity contribution in [3.05, 3.63) is 11.6 Å². The maximum Gasteiger partial charge on any atom is 0.336 e. The minimum atomic E-state index is -0.305. The summed E-state index contributed by atoms with van der Waals surface area (Å²) < 4.78 is 9.94. The molecule has 0 unspecified atom stereocenters. The van der Waals surface area contributed by atoms with Crippen LogP contribution in [0.15, 0.2) is 16.6 Å². The third-order valence-corrected chi connectivity index (χ3v) is 1.53. The number of carbonyl (C=O) groups is 1. The molecule has 1 aliphatic heterocycles. The Kier molecular flexibility index (Phi) is 3.49. The molecular formula is C9H13NO3. The van der Waals surface area contributed by atoms with Gasteiger partial charge in [0.2, 0.25) is 5.90 Å². The van der Waals surface area contributed by atoms with Crippen molar-refractivity contribution in [1.29, 1.82) is 0 Å². The summed E-state index contributed by atoms with van der Waals surface area (Å²) >= 11 is 0. The molecule has 0 N–H and O–H groups in total. The summed E-state index contributed by atoms with van der Waals surface area (Å²) in [7, 11) is 0. The Morgan fingerprint density at radius 1 is 1.54 bits per heavy atom. The zero-order valence-corrected chi connectivity index (χ0v) is 7.87. The van der Waals surface area contributed by atoms with Gasteiger partial charge in [0.25, 0.3) is 0 Å². The molecule has 0 aliphatic carbocycles. The maximum atomic E-state index is 11.2. The van der Waals surface area contributed by atoms with Crippen LogP contribution in [0.25, 0.3) is 0 Å². The summed E-state index contributed by atoms with van der Waals surface area (Å²) in [6, 6.07) is 0. The standard InChI is InChI=1S/C9H13NO3/c1-3-12-8-5-7(6-10-8)9(11)13-4-2/h5H,3-4,6H2,1-2H3. The predicted molar refractivity (Wildman–Crippen MR) is 48.6 cm³/mol. The molecule has 1 aliphatic rings. The van der Waals surface area contributed by atoms with Gasteiger partial charge in [0.05, 0.1) is 25.3 Å². The van der Waals surface area contributed by atoms with Crippen LogP contribution in [-0.2, 0) is 14.3 Å². The van der Waals surface area contributed by atoms with E-state index in [0.29, 0.717) is 31.2 Å². The maximum absolute atomic E-state index is 11.2. The largest absolute Gasteiger partial charge is 0.478 e. The molecule has 1 heterocycles. The molecule has 0 spiro atoms. The Morgan fingerprint density at radius 2 is 2.31 bits per heavy atom. The van der Waals surface area contributed by atoms with Gasteiger partial charge >= 0.3 is 5.97 Å². The van der Waals surface area contributed by atoms with Crippen LogP contribution in [0.3, 0.4) is 0 Å². The Labute approximate surface area is 77.2 Å². The van der Waals surface area contributed by atoms with Crippen LogP contribution in [0.1, 0.15) is 13.8 Å². The van der Waals surface area contributed by atoms with Crippen molar-refractivity contribution in [2.75, 3.05) is 19.8 Å². The molecule has 13 heavy (non-hydrogen) atoms. The highest BCUT2D eigenvalue weighted by Crippen LogP contribution is 2.08. The Morgan fingerprint density at radius 3 is 2.92 bits per heavy atom. The van der Waals surface area contributed by atoms with Crippen molar-refractivity contribution < 1.29 is 14.3 Å². The smallest absolute Gasteiger partial charge is 0.336 e. The third kappa shape index (κ3) is 2.57. The quantitative estimate of drug-likeness (QED) is 0.611. The second kappa shape index (κ2) is 4.64. The van der Waals surface area contributed by atoms with Crippen molar-refractivity contribution in [3.8, 4) is 0 Å². The lowest BCUT2D eigenvalue weighted by atomic mass is 10.3. The topological polar surface area (TPSA) is 47.9 Å². The molecule has 72 valence electrons. The van der Waals surface area contributed by atoms with Gasteiger partial charge in [-0.3, -0.25) is 0 Å². The van der Waals surface area contributed by atoms with E-state index in [9.17, 15) is 4.79 Å². The monoisotopic (exact) mass is 183 g/mol. The molecule has 0 aromatic carbocycles. The highest BCUT2D eigenvalue weighted by atomic mass is 16.5. The average molecular weight is 183 g/mol. The van der Waals surface area contributed by atoms with Crippen LogP contribution >= 0.6 is 0 Å². The van der Waals surface area contributed by atoms with E-state index in [1.807, 2.05) is 6.92 Å². The summed E-state index contributed by atoms with van der Waals surface area (Å²) in [5.41, 5.74) is 0.560. The summed E-state index contributed by atoms with van der Waals surface area (Å²) in [5.74, 6) is 0.214. The number of hydrogen-bond donors (Lipinski definition) is 0. The number of esters is 1. The number of nitrogens with zero attached hydrogens (tertiary/aromatic N) is 1. The van der Waals surface area contributed by atoms with Crippen LogP contribution in [0, 0.1) is 0 Å². The molecule has 0 saturated carbocycles. The fourth-order valence-corrected chi connectivity index (χ4v) is 0.986. The van der Waals surface area contributed by atoms with Gasteiger partial charge in [0, 0.05) is 6.08 Å². The first-order valence-electron chi connectivity index (χ1n) is 4.32. The zero-order valence-electron chi connectivity index (χ0n) is 7.87. The minimum absolute atomic E-state index is 0.305. The van der Waals surface area contributed by atoms with E-state index in [1.54, 1.807) is 13.0 Å². The summed E-state index contributed by atoms with van der Waals surface area (Å²) in [6.45, 7) is 4.97. The summed E-state index contributed by atoms with van der Waals surface area (Å²) in [4.78, 5) is 15.2. The van der Waals surface area contributed by atoms with E-state index >= 15 is 0 Å². The number of carbonyl (C=O) groups excluding carboxylic acids is 1. The molecule has 4 heteroatoms. The van der Waals surface area contributed by atoms with Crippen molar-refractivity contribution in [2.45, 2.75) is 13.8 Å². The molecule has 0 bridgehead atoms. The molecule has 0 aromatic rings. The summed E-state index contributed by atoms with van der Waals surface area (Å²) in [6.07, 6.45) is 1.63. The highest BCUT2D eigenvalue weighted by molar-refractivity contribution is 6.01. The Bertz CT molecular complexity index is 256. The molecule has 0 radical (unpaired) electrons. The lowest BCUT2D eigenvalue weighted by Gasteiger charge is -1.99. The lowest BCUT2D eigenvalue weighted by molar-refractivity contribution is -0.138. The van der Waals surface area contributed by atoms with E-state index < -0.39 is 0 Å². The van der Waals surface area contributed by atoms with Crippen molar-refractivity contribution >= 4 is 11.9 Å². The second-order valence-corrected chi connectivity index (χ2v) is 2.48. The van der Waals surface area contributed by atoms with Crippen LogP contribution in [0.4, 0.5) is 0 Å². The first-order valence-corrected chi connectivity index (χ1v) is 4.32. The molecule has 1 rings (SSSR count). The normalized spacial score (nSPS) is 14.9. The van der Waals surface area contributed by atoms with Gasteiger partial charge in [-0.2, -0.15) is 0 Å². The molecule has 0 amide bonds. The van der Waals surface area contributed by atoms with Crippen molar-refractivity contribution in [2.24, 2.45) is 4.99 Å². The van der Waals surface area contributed by atoms with Crippen molar-refractivity contribution in [3.63, 3.8) is 0 Å². The van der Waals surface area contributed by atoms with E-state index in [-0.39, 0.29) is 5.97 Å². The van der Waals surface area contributed by atoms with Gasteiger partial charge in [-0.25, -0.2) is 9.79 Å². The Hall–Kier alpha value is -1.32. The first-order chi connectivity index (χ1) is 6.27. The van der Waals surface area contributed by atoms with Gasteiger partial charge in [0.15, 0.2) is 0 Å². The lowest BCUT2D eigenvalue weighted by Crippen LogP contribution is -2.08. The van der Waals surface area contributed by atoms with E-state index in [0.717, 1.165) is 0 Å². The Balaban J connectivity index is 2.48. The fourth-order valence-electron chi connectivity index (χ4n) is 0.986. The SMILES string of the molecule is CCOC(=O)C1=CC(OCC)=NC1. The number of aliphatic imine (C=N–C) groups is 1. The average Bonchev–Trinajstić information content (AvgIpc) is 2.54. The molecule has 0 saturated heterocycles. The fraction of sp³-hybridized carbons (Fsp3) is 0.556. The third-order valence-electron chi connectivity index (χ3n) is 1.53.